The van der Waals surface area contributed by atoms with Gasteiger partial charge in [0.2, 0.25) is 10.0 Å². The third-order valence-electron chi connectivity index (χ3n) is 4.97. The number of likely N-dealkylation sites (tertiary alicyclic amines) is 1. The van der Waals surface area contributed by atoms with Crippen molar-refractivity contribution in [1.29, 1.82) is 0 Å². The normalized spacial score (nSPS) is 17.6. The maximum Gasteiger partial charge on any atom is 0.244 e. The van der Waals surface area contributed by atoms with Crippen molar-refractivity contribution in [1.82, 2.24) is 9.62 Å². The average Bonchev–Trinajstić information content (AvgIpc) is 3.16. The van der Waals surface area contributed by atoms with Crippen molar-refractivity contribution in [3.8, 4) is 11.5 Å². The van der Waals surface area contributed by atoms with E-state index in [1.165, 1.54) is 24.8 Å². The molecule has 2 aromatic rings. The van der Waals surface area contributed by atoms with Crippen LogP contribution in [0.5, 0.6) is 11.5 Å². The number of benzene rings is 2. The number of hydrogen-bond acceptors (Lipinski definition) is 5. The second-order valence-electron chi connectivity index (χ2n) is 6.66. The Morgan fingerprint density at radius 1 is 1.14 bits per heavy atom. The zero-order valence-electron chi connectivity index (χ0n) is 16.0. The molecular formula is C20H25FN2O4S. The van der Waals surface area contributed by atoms with Crippen LogP contribution in [0.1, 0.15) is 24.4 Å². The van der Waals surface area contributed by atoms with Crippen molar-refractivity contribution >= 4 is 10.0 Å². The number of rotatable bonds is 8. The monoisotopic (exact) mass is 408 g/mol. The highest BCUT2D eigenvalue weighted by Crippen LogP contribution is 2.32. The molecule has 0 saturated carbocycles. The zero-order chi connectivity index (χ0) is 20.1. The molecule has 152 valence electrons. The Kier molecular flexibility index (Phi) is 6.53. The van der Waals surface area contributed by atoms with Crippen LogP contribution < -0.4 is 14.2 Å². The molecule has 1 heterocycles. The van der Waals surface area contributed by atoms with Crippen LogP contribution in [-0.4, -0.2) is 47.2 Å². The molecule has 0 aliphatic carbocycles. The first-order chi connectivity index (χ1) is 13.4. The maximum atomic E-state index is 13.5. The van der Waals surface area contributed by atoms with E-state index in [9.17, 15) is 12.8 Å². The van der Waals surface area contributed by atoms with E-state index in [2.05, 4.69) is 9.62 Å². The van der Waals surface area contributed by atoms with Crippen molar-refractivity contribution in [2.75, 3.05) is 33.9 Å². The Morgan fingerprint density at radius 2 is 1.89 bits per heavy atom. The molecule has 0 radical (unpaired) electrons. The van der Waals surface area contributed by atoms with Gasteiger partial charge in [0, 0.05) is 19.1 Å². The molecule has 1 N–H and O–H groups in total. The molecule has 3 rings (SSSR count). The Morgan fingerprint density at radius 3 is 2.57 bits per heavy atom. The zero-order valence-corrected chi connectivity index (χ0v) is 16.8. The molecule has 0 amide bonds. The molecule has 1 fully saturated rings. The summed E-state index contributed by atoms with van der Waals surface area (Å²) in [6.07, 6.45) is 2.08. The van der Waals surface area contributed by atoms with Gasteiger partial charge in [-0.1, -0.05) is 12.1 Å². The third kappa shape index (κ3) is 4.63. The largest absolute Gasteiger partial charge is 0.497 e. The number of nitrogens with one attached hydrogen (secondary N) is 1. The summed E-state index contributed by atoms with van der Waals surface area (Å²) in [5, 5.41) is 0. The van der Waals surface area contributed by atoms with E-state index in [1.54, 1.807) is 7.11 Å². The molecule has 28 heavy (non-hydrogen) atoms. The number of nitrogens with zero attached hydrogens (tertiary/aromatic N) is 1. The Balaban J connectivity index is 1.64. The molecule has 1 saturated heterocycles. The van der Waals surface area contributed by atoms with Crippen molar-refractivity contribution < 1.29 is 22.3 Å². The first-order valence-electron chi connectivity index (χ1n) is 9.16. The Labute approximate surface area is 165 Å². The second-order valence-corrected chi connectivity index (χ2v) is 8.40. The van der Waals surface area contributed by atoms with Crippen LogP contribution in [0.2, 0.25) is 0 Å². The van der Waals surface area contributed by atoms with Crippen molar-refractivity contribution in [3.63, 3.8) is 0 Å². The minimum atomic E-state index is -3.87. The SMILES string of the molecule is COc1ccc(C2CCCN2CCNS(=O)(=O)c2cc(F)ccc2OC)cc1. The van der Waals surface area contributed by atoms with Crippen LogP contribution in [-0.2, 0) is 10.0 Å². The standard InChI is InChI=1S/C20H25FN2O4S/c1-26-17-8-5-15(6-9-17)18-4-3-12-23(18)13-11-22-28(24,25)20-14-16(21)7-10-19(20)27-2/h5-10,14,18,22H,3-4,11-13H2,1-2H3. The highest BCUT2D eigenvalue weighted by atomic mass is 32.2. The minimum absolute atomic E-state index is 0.117. The molecule has 1 aliphatic rings. The molecule has 1 unspecified atom stereocenters. The van der Waals surface area contributed by atoms with Gasteiger partial charge in [-0.2, -0.15) is 0 Å². The lowest BCUT2D eigenvalue weighted by atomic mass is 10.0. The van der Waals surface area contributed by atoms with Gasteiger partial charge in [-0.3, -0.25) is 4.90 Å². The van der Waals surface area contributed by atoms with Gasteiger partial charge in [-0.05, 0) is 55.3 Å². The van der Waals surface area contributed by atoms with E-state index in [1.807, 2.05) is 24.3 Å². The lowest BCUT2D eigenvalue weighted by Crippen LogP contribution is -2.34. The average molecular weight is 408 g/mol. The van der Waals surface area contributed by atoms with Gasteiger partial charge in [0.1, 0.15) is 22.2 Å². The number of hydrogen-bond donors (Lipinski definition) is 1. The number of sulfonamides is 1. The predicted octanol–water partition coefficient (Wildman–Crippen LogP) is 2.96. The number of halogens is 1. The first kappa shape index (κ1) is 20.6. The highest BCUT2D eigenvalue weighted by Gasteiger charge is 2.26. The summed E-state index contributed by atoms with van der Waals surface area (Å²) < 4.78 is 51.5. The van der Waals surface area contributed by atoms with Gasteiger partial charge >= 0.3 is 0 Å². The summed E-state index contributed by atoms with van der Waals surface area (Å²) in [5.41, 5.74) is 1.19. The molecule has 0 aromatic heterocycles. The molecule has 8 heteroatoms. The molecule has 0 spiro atoms. The van der Waals surface area contributed by atoms with E-state index >= 15 is 0 Å². The van der Waals surface area contributed by atoms with E-state index in [0.717, 1.165) is 31.2 Å². The van der Waals surface area contributed by atoms with Gasteiger partial charge < -0.3 is 9.47 Å². The summed E-state index contributed by atoms with van der Waals surface area (Å²) in [4.78, 5) is 2.07. The van der Waals surface area contributed by atoms with Gasteiger partial charge in [0.25, 0.3) is 0 Å². The highest BCUT2D eigenvalue weighted by molar-refractivity contribution is 7.89. The van der Waals surface area contributed by atoms with E-state index in [4.69, 9.17) is 9.47 Å². The smallest absolute Gasteiger partial charge is 0.244 e. The Hall–Kier alpha value is -2.16. The number of ether oxygens (including phenoxy) is 2. The maximum absolute atomic E-state index is 13.5. The molecular weight excluding hydrogens is 383 g/mol. The molecule has 0 bridgehead atoms. The molecule has 6 nitrogen and oxygen atoms in total. The van der Waals surface area contributed by atoms with Gasteiger partial charge in [0.05, 0.1) is 14.2 Å². The third-order valence-corrected chi connectivity index (χ3v) is 6.45. The van der Waals surface area contributed by atoms with Crippen LogP contribution in [0.3, 0.4) is 0 Å². The van der Waals surface area contributed by atoms with Crippen LogP contribution in [0, 0.1) is 5.82 Å². The van der Waals surface area contributed by atoms with Crippen molar-refractivity contribution in [3.05, 3.63) is 53.8 Å². The lowest BCUT2D eigenvalue weighted by Gasteiger charge is -2.25. The van der Waals surface area contributed by atoms with Crippen molar-refractivity contribution in [2.45, 2.75) is 23.8 Å². The lowest BCUT2D eigenvalue weighted by molar-refractivity contribution is 0.261. The summed E-state index contributed by atoms with van der Waals surface area (Å²) in [7, 11) is -0.874. The van der Waals surface area contributed by atoms with Gasteiger partial charge in [0.15, 0.2) is 0 Å². The topological polar surface area (TPSA) is 67.9 Å². The van der Waals surface area contributed by atoms with E-state index < -0.39 is 15.8 Å². The first-order valence-corrected chi connectivity index (χ1v) is 10.6. The molecule has 1 aliphatic heterocycles. The molecule has 2 aromatic carbocycles. The summed E-state index contributed by atoms with van der Waals surface area (Å²) in [6.45, 7) is 1.70. The summed E-state index contributed by atoms with van der Waals surface area (Å²) >= 11 is 0. The minimum Gasteiger partial charge on any atom is -0.497 e. The van der Waals surface area contributed by atoms with Crippen LogP contribution >= 0.6 is 0 Å². The quantitative estimate of drug-likeness (QED) is 0.727. The summed E-state index contributed by atoms with van der Waals surface area (Å²) in [5.74, 6) is 0.302. The van der Waals surface area contributed by atoms with E-state index in [-0.39, 0.29) is 23.2 Å². The summed E-state index contributed by atoms with van der Waals surface area (Å²) in [6, 6.07) is 11.7. The fraction of sp³-hybridized carbons (Fsp3) is 0.400. The Bertz CT molecular complexity index is 903. The second kappa shape index (κ2) is 8.89. The van der Waals surface area contributed by atoms with Crippen molar-refractivity contribution in [2.24, 2.45) is 0 Å². The molecule has 1 atom stereocenters. The van der Waals surface area contributed by atoms with Gasteiger partial charge in [-0.15, -0.1) is 0 Å². The number of methoxy groups -OCH3 is 2. The van der Waals surface area contributed by atoms with Crippen LogP contribution in [0.15, 0.2) is 47.4 Å². The van der Waals surface area contributed by atoms with E-state index in [0.29, 0.717) is 6.54 Å². The van der Waals surface area contributed by atoms with Crippen LogP contribution in [0.25, 0.3) is 0 Å². The van der Waals surface area contributed by atoms with Gasteiger partial charge in [-0.25, -0.2) is 17.5 Å². The van der Waals surface area contributed by atoms with Crippen LogP contribution in [0.4, 0.5) is 4.39 Å². The fourth-order valence-corrected chi connectivity index (χ4v) is 4.76. The fourth-order valence-electron chi connectivity index (χ4n) is 3.56. The predicted molar refractivity (Wildman–Crippen MR) is 105 cm³/mol.